The second-order valence-corrected chi connectivity index (χ2v) is 10.3. The van der Waals surface area contributed by atoms with Crippen molar-refractivity contribution in [2.24, 2.45) is 10.8 Å². The monoisotopic (exact) mass is 525 g/mol. The molecule has 200 valence electrons. The summed E-state index contributed by atoms with van der Waals surface area (Å²) < 4.78 is 40.9. The third-order valence-electron chi connectivity index (χ3n) is 6.41. The van der Waals surface area contributed by atoms with E-state index in [1.54, 1.807) is 29.2 Å². The highest BCUT2D eigenvalue weighted by atomic mass is 19.1. The van der Waals surface area contributed by atoms with Gasteiger partial charge in [-0.05, 0) is 57.0 Å². The number of aromatic nitrogens is 1. The zero-order chi connectivity index (χ0) is 27.2. The lowest BCUT2D eigenvalue weighted by Gasteiger charge is -2.26. The van der Waals surface area contributed by atoms with Crippen LogP contribution in [0.2, 0.25) is 0 Å². The van der Waals surface area contributed by atoms with Crippen molar-refractivity contribution in [3.63, 3.8) is 0 Å². The van der Waals surface area contributed by atoms with Gasteiger partial charge in [0.2, 0.25) is 0 Å². The molecule has 1 aromatic heterocycles. The van der Waals surface area contributed by atoms with Crippen LogP contribution in [0.3, 0.4) is 0 Å². The van der Waals surface area contributed by atoms with Crippen LogP contribution in [-0.4, -0.2) is 45.2 Å². The number of aliphatic hydroxyl groups is 1. The fourth-order valence-corrected chi connectivity index (χ4v) is 4.72. The lowest BCUT2D eigenvalue weighted by molar-refractivity contribution is 0.0288. The molecule has 1 amide bonds. The van der Waals surface area contributed by atoms with Crippen LogP contribution < -0.4 is 15.9 Å². The van der Waals surface area contributed by atoms with E-state index in [2.05, 4.69) is 10.5 Å². The van der Waals surface area contributed by atoms with Crippen LogP contribution in [0, 0.1) is 11.6 Å². The maximum absolute atomic E-state index is 14.0. The topological polar surface area (TPSA) is 114 Å². The van der Waals surface area contributed by atoms with Crippen LogP contribution in [0.1, 0.15) is 50.7 Å². The zero-order valence-electron chi connectivity index (χ0n) is 21.2. The normalized spacial score (nSPS) is 19.0. The number of likely N-dealkylation sites (tertiary alicyclic amines) is 1. The Morgan fingerprint density at radius 1 is 1.16 bits per heavy atom. The third kappa shape index (κ3) is 4.89. The molecule has 2 aliphatic heterocycles. The number of aliphatic hydroxyl groups excluding tert-OH is 1. The minimum Gasteiger partial charge on any atom is -0.451 e. The van der Waals surface area contributed by atoms with Crippen molar-refractivity contribution in [2.45, 2.75) is 45.1 Å². The van der Waals surface area contributed by atoms with Crippen molar-refractivity contribution in [2.75, 3.05) is 13.1 Å². The van der Waals surface area contributed by atoms with Gasteiger partial charge < -0.3 is 29.8 Å². The first-order valence-corrected chi connectivity index (χ1v) is 12.2. The van der Waals surface area contributed by atoms with E-state index in [0.717, 1.165) is 17.7 Å². The number of halogens is 2. The number of hydrazone groups is 1. The standard InChI is InChI=1S/C27H29F2N5O4/c1-27(2,3)38-26(36)33-12-11-16(13-33)34-14-18(21-22(34)25(35)32-31-24(21)30)15-7-9-17(10-8-15)37-23-19(28)5-4-6-20(23)29/h4-10,14,16,25,32,35H,11-13H2,1-3H3,(H2,30,31)/t16-,25?/m1/s1. The molecular weight excluding hydrogens is 496 g/mol. The fourth-order valence-electron chi connectivity index (χ4n) is 4.72. The minimum atomic E-state index is -1.10. The molecule has 1 saturated heterocycles. The summed E-state index contributed by atoms with van der Waals surface area (Å²) in [6.07, 6.45) is 1.04. The van der Waals surface area contributed by atoms with Crippen molar-refractivity contribution in [1.82, 2.24) is 14.9 Å². The summed E-state index contributed by atoms with van der Waals surface area (Å²) in [5, 5.41) is 14.8. The van der Waals surface area contributed by atoms with Gasteiger partial charge in [-0.2, -0.15) is 5.10 Å². The van der Waals surface area contributed by atoms with Gasteiger partial charge in [-0.15, -0.1) is 0 Å². The number of carbonyl (C=O) groups excluding carboxylic acids is 1. The number of hydrogen-bond donors (Lipinski definition) is 3. The van der Waals surface area contributed by atoms with Gasteiger partial charge in [0.15, 0.2) is 29.4 Å². The summed E-state index contributed by atoms with van der Waals surface area (Å²) >= 11 is 0. The molecule has 11 heteroatoms. The van der Waals surface area contributed by atoms with Gasteiger partial charge in [0.1, 0.15) is 11.4 Å². The summed E-state index contributed by atoms with van der Waals surface area (Å²) in [7, 11) is 0. The third-order valence-corrected chi connectivity index (χ3v) is 6.41. The second-order valence-electron chi connectivity index (χ2n) is 10.3. The molecule has 4 N–H and O–H groups in total. The minimum absolute atomic E-state index is 0.126. The molecule has 0 saturated carbocycles. The van der Waals surface area contributed by atoms with Gasteiger partial charge in [-0.3, -0.25) is 5.43 Å². The van der Waals surface area contributed by atoms with Gasteiger partial charge in [0.05, 0.1) is 17.3 Å². The molecule has 1 unspecified atom stereocenters. The number of benzene rings is 2. The highest BCUT2D eigenvalue weighted by Crippen LogP contribution is 2.38. The average Bonchev–Trinajstić information content (AvgIpc) is 3.49. The Balaban J connectivity index is 1.45. The number of nitrogens with one attached hydrogen (secondary N) is 1. The van der Waals surface area contributed by atoms with Crippen molar-refractivity contribution in [3.8, 4) is 22.6 Å². The largest absolute Gasteiger partial charge is 0.451 e. The number of rotatable bonds is 4. The molecule has 3 heterocycles. The SMILES string of the molecule is CC(C)(C)OC(=O)N1CC[C@@H](n2cc(-c3ccc(Oc4c(F)cccc4F)cc3)c3c2C(O)NN=C3N)C1. The lowest BCUT2D eigenvalue weighted by atomic mass is 10.0. The van der Waals surface area contributed by atoms with Gasteiger partial charge in [-0.1, -0.05) is 18.2 Å². The summed E-state index contributed by atoms with van der Waals surface area (Å²) in [6.45, 7) is 6.37. The Kier molecular flexibility index (Phi) is 6.47. The van der Waals surface area contributed by atoms with E-state index in [-0.39, 0.29) is 23.7 Å². The first-order chi connectivity index (χ1) is 18.0. The molecule has 2 aromatic carbocycles. The van der Waals surface area contributed by atoms with Crippen LogP contribution >= 0.6 is 0 Å². The molecule has 0 spiro atoms. The maximum Gasteiger partial charge on any atom is 0.410 e. The Morgan fingerprint density at radius 2 is 1.84 bits per heavy atom. The van der Waals surface area contributed by atoms with E-state index in [1.807, 2.05) is 31.5 Å². The second kappa shape index (κ2) is 9.64. The molecule has 2 aliphatic rings. The van der Waals surface area contributed by atoms with Crippen molar-refractivity contribution in [3.05, 3.63) is 71.6 Å². The van der Waals surface area contributed by atoms with Gasteiger partial charge in [-0.25, -0.2) is 13.6 Å². The van der Waals surface area contributed by atoms with Crippen LogP contribution in [0.5, 0.6) is 11.5 Å². The Bertz CT molecular complexity index is 1380. The first kappa shape index (κ1) is 25.5. The van der Waals surface area contributed by atoms with Gasteiger partial charge in [0.25, 0.3) is 0 Å². The Labute approximate surface area is 218 Å². The quantitative estimate of drug-likeness (QED) is 0.458. The summed E-state index contributed by atoms with van der Waals surface area (Å²) in [5.41, 5.74) is 10.8. The number of fused-ring (bicyclic) bond motifs is 1. The lowest BCUT2D eigenvalue weighted by Crippen LogP contribution is -2.36. The fraction of sp³-hybridized carbons (Fsp3) is 0.333. The van der Waals surface area contributed by atoms with Gasteiger partial charge in [0, 0.05) is 24.8 Å². The number of ether oxygens (including phenoxy) is 2. The Hall–Kier alpha value is -4.12. The molecule has 2 atom stereocenters. The number of nitrogens with zero attached hydrogens (tertiary/aromatic N) is 3. The Morgan fingerprint density at radius 3 is 2.50 bits per heavy atom. The molecule has 1 fully saturated rings. The van der Waals surface area contributed by atoms with E-state index in [0.29, 0.717) is 36.3 Å². The first-order valence-electron chi connectivity index (χ1n) is 12.2. The average molecular weight is 526 g/mol. The molecule has 0 aliphatic carbocycles. The van der Waals surface area contributed by atoms with E-state index >= 15 is 0 Å². The highest BCUT2D eigenvalue weighted by Gasteiger charge is 2.36. The van der Waals surface area contributed by atoms with E-state index in [9.17, 15) is 18.7 Å². The molecular formula is C27H29F2N5O4. The van der Waals surface area contributed by atoms with Crippen LogP contribution in [-0.2, 0) is 4.74 Å². The van der Waals surface area contributed by atoms with Crippen molar-refractivity contribution < 1.29 is 28.2 Å². The number of carbonyl (C=O) groups is 1. The van der Waals surface area contributed by atoms with Gasteiger partial charge >= 0.3 is 6.09 Å². The number of para-hydroxylation sites is 1. The van der Waals surface area contributed by atoms with Crippen molar-refractivity contribution >= 4 is 11.9 Å². The molecule has 3 aromatic rings. The van der Waals surface area contributed by atoms with E-state index in [1.165, 1.54) is 6.07 Å². The smallest absolute Gasteiger partial charge is 0.410 e. The predicted octanol–water partition coefficient (Wildman–Crippen LogP) is 4.62. The molecule has 38 heavy (non-hydrogen) atoms. The van der Waals surface area contributed by atoms with E-state index < -0.39 is 29.2 Å². The molecule has 5 rings (SSSR count). The number of nitrogens with two attached hydrogens (primary N) is 1. The molecule has 9 nitrogen and oxygen atoms in total. The highest BCUT2D eigenvalue weighted by molar-refractivity contribution is 6.05. The van der Waals surface area contributed by atoms with Crippen LogP contribution in [0.25, 0.3) is 11.1 Å². The zero-order valence-corrected chi connectivity index (χ0v) is 21.2. The van der Waals surface area contributed by atoms with Crippen LogP contribution in [0.4, 0.5) is 13.6 Å². The number of amides is 1. The predicted molar refractivity (Wildman–Crippen MR) is 137 cm³/mol. The van der Waals surface area contributed by atoms with Crippen LogP contribution in [0.15, 0.2) is 53.8 Å². The molecule has 0 radical (unpaired) electrons. The molecule has 0 bridgehead atoms. The number of hydrogen-bond acceptors (Lipinski definition) is 7. The van der Waals surface area contributed by atoms with Crippen molar-refractivity contribution in [1.29, 1.82) is 0 Å². The maximum atomic E-state index is 14.0. The van der Waals surface area contributed by atoms with E-state index in [4.69, 9.17) is 15.2 Å². The summed E-state index contributed by atoms with van der Waals surface area (Å²) in [4.78, 5) is 14.3. The summed E-state index contributed by atoms with van der Waals surface area (Å²) in [6, 6.07) is 10.0. The number of amidine groups is 1. The summed E-state index contributed by atoms with van der Waals surface area (Å²) in [5.74, 6) is -1.64.